The molecule has 0 aliphatic carbocycles. The van der Waals surface area contributed by atoms with E-state index in [0.717, 1.165) is 36.1 Å². The number of carbonyl (C=O) groups is 1. The molecule has 5 heteroatoms. The number of amides is 1. The summed E-state index contributed by atoms with van der Waals surface area (Å²) in [4.78, 5) is 12.7. The number of nitrogens with zero attached hydrogens (tertiary/aromatic N) is 1. The number of hydrogen-bond donors (Lipinski definition) is 3. The Labute approximate surface area is 118 Å². The maximum atomic E-state index is 12.7. The van der Waals surface area contributed by atoms with Gasteiger partial charge in [0.15, 0.2) is 0 Å². The minimum Gasteiger partial charge on any atom is -0.326 e. The van der Waals surface area contributed by atoms with E-state index < -0.39 is 0 Å². The van der Waals surface area contributed by atoms with Gasteiger partial charge in [0.05, 0.1) is 17.1 Å². The molecule has 0 radical (unpaired) electrons. The predicted octanol–water partition coefficient (Wildman–Crippen LogP) is 2.14. The van der Waals surface area contributed by atoms with Gasteiger partial charge in [-0.3, -0.25) is 9.89 Å². The number of aromatic amines is 1. The zero-order chi connectivity index (χ0) is 14.2. The molecule has 106 valence electrons. The lowest BCUT2D eigenvalue weighted by molar-refractivity contribution is -0.126. The molecule has 0 spiro atoms. The third-order valence-corrected chi connectivity index (χ3v) is 4.44. The van der Waals surface area contributed by atoms with Gasteiger partial charge in [-0.05, 0) is 37.1 Å². The average molecular weight is 272 g/mol. The second-order valence-electron chi connectivity index (χ2n) is 5.86. The zero-order valence-corrected chi connectivity index (χ0v) is 11.9. The molecule has 0 bridgehead atoms. The third-order valence-electron chi connectivity index (χ3n) is 4.44. The van der Waals surface area contributed by atoms with E-state index in [4.69, 9.17) is 0 Å². The molecular formula is C15H20N4O. The Morgan fingerprint density at radius 3 is 3.00 bits per heavy atom. The molecule has 0 saturated carbocycles. The average Bonchev–Trinajstić information content (AvgIpc) is 3.07. The normalized spacial score (nSPS) is 22.6. The number of nitrogens with one attached hydrogen (secondary N) is 3. The van der Waals surface area contributed by atoms with E-state index in [9.17, 15) is 4.79 Å². The van der Waals surface area contributed by atoms with Gasteiger partial charge in [0, 0.05) is 17.6 Å². The number of fused-ring (bicyclic) bond motifs is 1. The van der Waals surface area contributed by atoms with Gasteiger partial charge in [-0.15, -0.1) is 0 Å². The first-order valence-corrected chi connectivity index (χ1v) is 7.07. The molecule has 1 fully saturated rings. The predicted molar refractivity (Wildman–Crippen MR) is 79.5 cm³/mol. The summed E-state index contributed by atoms with van der Waals surface area (Å²) in [5, 5.41) is 14.3. The Morgan fingerprint density at radius 1 is 1.45 bits per heavy atom. The Kier molecular flexibility index (Phi) is 3.22. The van der Waals surface area contributed by atoms with Gasteiger partial charge in [0.2, 0.25) is 5.91 Å². The van der Waals surface area contributed by atoms with Crippen molar-refractivity contribution in [3.63, 3.8) is 0 Å². The summed E-state index contributed by atoms with van der Waals surface area (Å²) in [6.45, 7) is 5.90. The van der Waals surface area contributed by atoms with Crippen molar-refractivity contribution in [2.45, 2.75) is 20.3 Å². The topological polar surface area (TPSA) is 69.8 Å². The maximum Gasteiger partial charge on any atom is 0.232 e. The molecule has 5 nitrogen and oxygen atoms in total. The molecule has 3 N–H and O–H groups in total. The summed E-state index contributed by atoms with van der Waals surface area (Å²) >= 11 is 0. The Balaban J connectivity index is 1.84. The molecule has 2 heterocycles. The van der Waals surface area contributed by atoms with E-state index in [1.807, 2.05) is 18.2 Å². The zero-order valence-electron chi connectivity index (χ0n) is 11.9. The quantitative estimate of drug-likeness (QED) is 0.801. The van der Waals surface area contributed by atoms with Crippen molar-refractivity contribution in [3.8, 4) is 0 Å². The van der Waals surface area contributed by atoms with Crippen LogP contribution in [0.25, 0.3) is 10.9 Å². The first-order chi connectivity index (χ1) is 9.62. The third kappa shape index (κ3) is 2.08. The summed E-state index contributed by atoms with van der Waals surface area (Å²) in [6, 6.07) is 5.80. The number of benzene rings is 1. The molecule has 1 amide bonds. The van der Waals surface area contributed by atoms with Gasteiger partial charge in [0.1, 0.15) is 0 Å². The van der Waals surface area contributed by atoms with Crippen LogP contribution in [0.2, 0.25) is 0 Å². The highest BCUT2D eigenvalue weighted by Gasteiger charge is 2.43. The molecule has 1 aliphatic rings. The monoisotopic (exact) mass is 272 g/mol. The SMILES string of the molecule is CC(C)C1(C(=O)Nc2ccc3[nH]ncc3c2)CCNC1. The van der Waals surface area contributed by atoms with E-state index in [0.29, 0.717) is 5.92 Å². The second-order valence-corrected chi connectivity index (χ2v) is 5.86. The molecule has 1 unspecified atom stereocenters. The van der Waals surface area contributed by atoms with Gasteiger partial charge in [-0.1, -0.05) is 13.8 Å². The lowest BCUT2D eigenvalue weighted by atomic mass is 9.75. The highest BCUT2D eigenvalue weighted by atomic mass is 16.2. The minimum atomic E-state index is -0.300. The van der Waals surface area contributed by atoms with E-state index >= 15 is 0 Å². The van der Waals surface area contributed by atoms with Crippen LogP contribution in [0, 0.1) is 11.3 Å². The molecule has 3 rings (SSSR count). The maximum absolute atomic E-state index is 12.7. The summed E-state index contributed by atoms with van der Waals surface area (Å²) < 4.78 is 0. The van der Waals surface area contributed by atoms with Crippen LogP contribution in [0.3, 0.4) is 0 Å². The lowest BCUT2D eigenvalue weighted by Gasteiger charge is -2.31. The Bertz CT molecular complexity index is 626. The molecular weight excluding hydrogens is 252 g/mol. The fraction of sp³-hybridized carbons (Fsp3) is 0.467. The molecule has 1 saturated heterocycles. The Hall–Kier alpha value is -1.88. The summed E-state index contributed by atoms with van der Waals surface area (Å²) in [6.07, 6.45) is 2.66. The van der Waals surface area contributed by atoms with Crippen molar-refractivity contribution in [3.05, 3.63) is 24.4 Å². The van der Waals surface area contributed by atoms with E-state index in [-0.39, 0.29) is 11.3 Å². The van der Waals surface area contributed by atoms with Gasteiger partial charge in [-0.2, -0.15) is 5.10 Å². The van der Waals surface area contributed by atoms with E-state index in [2.05, 4.69) is 34.7 Å². The lowest BCUT2D eigenvalue weighted by Crippen LogP contribution is -2.42. The first-order valence-electron chi connectivity index (χ1n) is 7.07. The second kappa shape index (κ2) is 4.90. The van der Waals surface area contributed by atoms with Gasteiger partial charge < -0.3 is 10.6 Å². The number of anilines is 1. The first kappa shape index (κ1) is 13.1. The standard InChI is InChI=1S/C15H20N4O/c1-10(2)15(5-6-16-9-15)14(20)18-12-3-4-13-11(7-12)8-17-19-13/h3-4,7-8,10,16H,5-6,9H2,1-2H3,(H,17,19)(H,18,20). The smallest absolute Gasteiger partial charge is 0.232 e. The fourth-order valence-electron chi connectivity index (χ4n) is 2.94. The molecule has 1 aromatic carbocycles. The van der Waals surface area contributed by atoms with Crippen LogP contribution >= 0.6 is 0 Å². The van der Waals surface area contributed by atoms with Crippen LogP contribution in [0.15, 0.2) is 24.4 Å². The van der Waals surface area contributed by atoms with Crippen LogP contribution in [-0.2, 0) is 4.79 Å². The van der Waals surface area contributed by atoms with Crippen molar-refractivity contribution in [1.29, 1.82) is 0 Å². The van der Waals surface area contributed by atoms with Gasteiger partial charge in [-0.25, -0.2) is 0 Å². The number of H-pyrrole nitrogens is 1. The van der Waals surface area contributed by atoms with Crippen molar-refractivity contribution in [2.75, 3.05) is 18.4 Å². The van der Waals surface area contributed by atoms with Crippen molar-refractivity contribution in [2.24, 2.45) is 11.3 Å². The number of rotatable bonds is 3. The number of hydrogen-bond acceptors (Lipinski definition) is 3. The largest absolute Gasteiger partial charge is 0.326 e. The number of carbonyl (C=O) groups excluding carboxylic acids is 1. The summed E-state index contributed by atoms with van der Waals surface area (Å²) in [7, 11) is 0. The molecule has 1 aliphatic heterocycles. The molecule has 2 aromatic rings. The Morgan fingerprint density at radius 2 is 2.30 bits per heavy atom. The minimum absolute atomic E-state index is 0.111. The van der Waals surface area contributed by atoms with Crippen LogP contribution < -0.4 is 10.6 Å². The van der Waals surface area contributed by atoms with Crippen LogP contribution in [0.1, 0.15) is 20.3 Å². The number of aromatic nitrogens is 2. The fourth-order valence-corrected chi connectivity index (χ4v) is 2.94. The highest BCUT2D eigenvalue weighted by molar-refractivity contribution is 5.97. The molecule has 1 aromatic heterocycles. The van der Waals surface area contributed by atoms with Gasteiger partial charge >= 0.3 is 0 Å². The molecule has 1 atom stereocenters. The van der Waals surface area contributed by atoms with E-state index in [1.54, 1.807) is 6.20 Å². The van der Waals surface area contributed by atoms with E-state index in [1.165, 1.54) is 0 Å². The van der Waals surface area contributed by atoms with Crippen molar-refractivity contribution >= 4 is 22.5 Å². The van der Waals surface area contributed by atoms with Gasteiger partial charge in [0.25, 0.3) is 0 Å². The highest BCUT2D eigenvalue weighted by Crippen LogP contribution is 2.35. The van der Waals surface area contributed by atoms with Crippen LogP contribution in [-0.4, -0.2) is 29.2 Å². The van der Waals surface area contributed by atoms with Crippen LogP contribution in [0.5, 0.6) is 0 Å². The summed E-state index contributed by atoms with van der Waals surface area (Å²) in [5.41, 5.74) is 1.51. The van der Waals surface area contributed by atoms with Crippen molar-refractivity contribution in [1.82, 2.24) is 15.5 Å². The summed E-state index contributed by atoms with van der Waals surface area (Å²) in [5.74, 6) is 0.426. The molecule has 20 heavy (non-hydrogen) atoms. The van der Waals surface area contributed by atoms with Crippen molar-refractivity contribution < 1.29 is 4.79 Å². The van der Waals surface area contributed by atoms with Crippen LogP contribution in [0.4, 0.5) is 5.69 Å².